The van der Waals surface area contributed by atoms with Crippen molar-refractivity contribution in [2.75, 3.05) is 6.61 Å². The molecule has 0 bridgehead atoms. The Morgan fingerprint density at radius 1 is 1.36 bits per heavy atom. The van der Waals surface area contributed by atoms with Gasteiger partial charge in [-0.2, -0.15) is 0 Å². The van der Waals surface area contributed by atoms with Crippen molar-refractivity contribution in [2.45, 2.75) is 25.9 Å². The van der Waals surface area contributed by atoms with Gasteiger partial charge < -0.3 is 9.64 Å². The van der Waals surface area contributed by atoms with E-state index in [9.17, 15) is 19.7 Å². The van der Waals surface area contributed by atoms with Crippen LogP contribution in [0.15, 0.2) is 35.7 Å². The van der Waals surface area contributed by atoms with Crippen LogP contribution in [0.3, 0.4) is 0 Å². The first kappa shape index (κ1) is 17.1. The SMILES string of the molecule is CCOC(=O)C1Cc2ccccc2CN1C(=O)c1csc([N+](=O)[O-])c1. The predicted molar refractivity (Wildman–Crippen MR) is 91.4 cm³/mol. The lowest BCUT2D eigenvalue weighted by Crippen LogP contribution is -2.49. The molecule has 1 aliphatic rings. The fraction of sp³-hybridized carbons (Fsp3) is 0.294. The zero-order valence-electron chi connectivity index (χ0n) is 13.5. The largest absolute Gasteiger partial charge is 0.464 e. The van der Waals surface area contributed by atoms with E-state index in [4.69, 9.17) is 4.74 Å². The molecule has 7 nitrogen and oxygen atoms in total. The van der Waals surface area contributed by atoms with Crippen molar-refractivity contribution >= 4 is 28.2 Å². The summed E-state index contributed by atoms with van der Waals surface area (Å²) in [6.45, 7) is 2.20. The molecule has 1 aromatic heterocycles. The van der Waals surface area contributed by atoms with Crippen molar-refractivity contribution in [3.8, 4) is 0 Å². The Kier molecular flexibility index (Phi) is 4.80. The average molecular weight is 360 g/mol. The monoisotopic (exact) mass is 360 g/mol. The highest BCUT2D eigenvalue weighted by Gasteiger charge is 2.36. The van der Waals surface area contributed by atoms with Crippen LogP contribution in [0, 0.1) is 10.1 Å². The summed E-state index contributed by atoms with van der Waals surface area (Å²) in [7, 11) is 0. The van der Waals surface area contributed by atoms with Gasteiger partial charge in [0.25, 0.3) is 5.91 Å². The molecule has 1 unspecified atom stereocenters. The number of fused-ring (bicyclic) bond motifs is 1. The van der Waals surface area contributed by atoms with Crippen LogP contribution in [-0.2, 0) is 22.5 Å². The van der Waals surface area contributed by atoms with Gasteiger partial charge >= 0.3 is 11.0 Å². The van der Waals surface area contributed by atoms with Gasteiger partial charge in [0.2, 0.25) is 0 Å². The molecule has 0 fully saturated rings. The molecule has 130 valence electrons. The molecular weight excluding hydrogens is 344 g/mol. The molecule has 0 saturated carbocycles. The summed E-state index contributed by atoms with van der Waals surface area (Å²) >= 11 is 0.893. The summed E-state index contributed by atoms with van der Waals surface area (Å²) < 4.78 is 5.12. The first-order valence-electron chi connectivity index (χ1n) is 7.78. The first-order valence-corrected chi connectivity index (χ1v) is 8.66. The molecule has 1 atom stereocenters. The van der Waals surface area contributed by atoms with Gasteiger partial charge in [0.15, 0.2) is 0 Å². The number of benzene rings is 1. The van der Waals surface area contributed by atoms with Gasteiger partial charge in [0, 0.05) is 24.4 Å². The maximum atomic E-state index is 12.9. The summed E-state index contributed by atoms with van der Waals surface area (Å²) in [5.74, 6) is -0.869. The summed E-state index contributed by atoms with van der Waals surface area (Å²) in [6.07, 6.45) is 0.368. The Morgan fingerprint density at radius 2 is 2.08 bits per heavy atom. The summed E-state index contributed by atoms with van der Waals surface area (Å²) in [5.41, 5.74) is 2.17. The van der Waals surface area contributed by atoms with Crippen LogP contribution in [0.25, 0.3) is 0 Å². The van der Waals surface area contributed by atoms with E-state index in [2.05, 4.69) is 0 Å². The molecular formula is C17H16N2O5S. The molecule has 0 N–H and O–H groups in total. The van der Waals surface area contributed by atoms with Crippen molar-refractivity contribution in [1.29, 1.82) is 0 Å². The second kappa shape index (κ2) is 7.02. The van der Waals surface area contributed by atoms with Gasteiger partial charge in [-0.1, -0.05) is 35.6 Å². The Bertz CT molecular complexity index is 832. The number of carbonyl (C=O) groups is 2. The lowest BCUT2D eigenvalue weighted by atomic mass is 9.93. The molecule has 8 heteroatoms. The molecule has 0 radical (unpaired) electrons. The van der Waals surface area contributed by atoms with E-state index in [1.54, 1.807) is 6.92 Å². The Labute approximate surface area is 148 Å². The quantitative estimate of drug-likeness (QED) is 0.475. The number of thiophene rings is 1. The first-order chi connectivity index (χ1) is 12.0. The van der Waals surface area contributed by atoms with Crippen molar-refractivity contribution < 1.29 is 19.2 Å². The smallest absolute Gasteiger partial charge is 0.329 e. The number of nitrogens with zero attached hydrogens (tertiary/aromatic N) is 2. The third-order valence-electron chi connectivity index (χ3n) is 4.08. The van der Waals surface area contributed by atoms with Crippen LogP contribution in [0.4, 0.5) is 5.00 Å². The zero-order valence-corrected chi connectivity index (χ0v) is 14.3. The van der Waals surface area contributed by atoms with Gasteiger partial charge in [0.05, 0.1) is 17.1 Å². The lowest BCUT2D eigenvalue weighted by Gasteiger charge is -2.35. The van der Waals surface area contributed by atoms with Gasteiger partial charge in [-0.15, -0.1) is 0 Å². The highest BCUT2D eigenvalue weighted by molar-refractivity contribution is 7.13. The third kappa shape index (κ3) is 3.39. The van der Waals surface area contributed by atoms with Crippen molar-refractivity contribution in [3.63, 3.8) is 0 Å². The normalized spacial score (nSPS) is 16.2. The highest BCUT2D eigenvalue weighted by Crippen LogP contribution is 2.29. The second-order valence-electron chi connectivity index (χ2n) is 5.60. The van der Waals surface area contributed by atoms with Crippen molar-refractivity contribution in [3.05, 3.63) is 62.5 Å². The number of carbonyl (C=O) groups excluding carboxylic acids is 2. The molecule has 1 aliphatic heterocycles. The average Bonchev–Trinajstić information content (AvgIpc) is 3.10. The van der Waals surface area contributed by atoms with Gasteiger partial charge in [-0.3, -0.25) is 14.9 Å². The minimum Gasteiger partial charge on any atom is -0.464 e. The minimum absolute atomic E-state index is 0.103. The molecule has 25 heavy (non-hydrogen) atoms. The van der Waals surface area contributed by atoms with Crippen LogP contribution in [-0.4, -0.2) is 34.3 Å². The summed E-state index contributed by atoms with van der Waals surface area (Å²) in [6, 6.07) is 8.12. The van der Waals surface area contributed by atoms with Crippen LogP contribution in [0.2, 0.25) is 0 Å². The van der Waals surface area contributed by atoms with Gasteiger partial charge in [-0.25, -0.2) is 4.79 Å². The van der Waals surface area contributed by atoms with E-state index in [1.165, 1.54) is 16.3 Å². The third-order valence-corrected chi connectivity index (χ3v) is 4.96. The van der Waals surface area contributed by atoms with Crippen LogP contribution >= 0.6 is 11.3 Å². The number of nitro groups is 1. The maximum absolute atomic E-state index is 12.9. The summed E-state index contributed by atoms with van der Waals surface area (Å²) in [5, 5.41) is 12.2. The van der Waals surface area contributed by atoms with Crippen LogP contribution in [0.1, 0.15) is 28.4 Å². The Balaban J connectivity index is 1.93. The van der Waals surface area contributed by atoms with Gasteiger partial charge in [-0.05, 0) is 18.1 Å². The summed E-state index contributed by atoms with van der Waals surface area (Å²) in [4.78, 5) is 37.0. The molecule has 2 aromatic rings. The lowest BCUT2D eigenvalue weighted by molar-refractivity contribution is -0.380. The molecule has 0 aliphatic carbocycles. The molecule has 2 heterocycles. The number of amides is 1. The Hall–Kier alpha value is -2.74. The minimum atomic E-state index is -0.735. The Morgan fingerprint density at radius 3 is 2.72 bits per heavy atom. The van der Waals surface area contributed by atoms with Crippen molar-refractivity contribution in [1.82, 2.24) is 4.90 Å². The molecule has 3 rings (SSSR count). The van der Waals surface area contributed by atoms with E-state index >= 15 is 0 Å². The van der Waals surface area contributed by atoms with Crippen LogP contribution in [0.5, 0.6) is 0 Å². The van der Waals surface area contributed by atoms with E-state index < -0.39 is 22.8 Å². The standard InChI is InChI=1S/C17H16N2O5S/c1-2-24-17(21)14-7-11-5-3-4-6-12(11)9-18(14)16(20)13-8-15(19(22)23)25-10-13/h3-6,8,10,14H,2,7,9H2,1H3. The molecule has 1 aromatic carbocycles. The number of rotatable bonds is 4. The van der Waals surface area contributed by atoms with E-state index in [0.717, 1.165) is 22.5 Å². The molecule has 0 saturated heterocycles. The zero-order chi connectivity index (χ0) is 18.0. The number of esters is 1. The fourth-order valence-electron chi connectivity index (χ4n) is 2.88. The maximum Gasteiger partial charge on any atom is 0.329 e. The van der Waals surface area contributed by atoms with Crippen molar-refractivity contribution in [2.24, 2.45) is 0 Å². The highest BCUT2D eigenvalue weighted by atomic mass is 32.1. The topological polar surface area (TPSA) is 89.8 Å². The second-order valence-corrected chi connectivity index (χ2v) is 6.49. The number of hydrogen-bond donors (Lipinski definition) is 0. The van der Waals surface area contributed by atoms with E-state index in [-0.39, 0.29) is 23.7 Å². The van der Waals surface area contributed by atoms with E-state index in [1.807, 2.05) is 24.3 Å². The number of ether oxygens (including phenoxy) is 1. The predicted octanol–water partition coefficient (Wildman–Crippen LogP) is 2.79. The van der Waals surface area contributed by atoms with E-state index in [0.29, 0.717) is 6.42 Å². The van der Waals surface area contributed by atoms with Crippen LogP contribution < -0.4 is 0 Å². The fourth-order valence-corrected chi connectivity index (χ4v) is 3.58. The molecule has 1 amide bonds. The number of hydrogen-bond acceptors (Lipinski definition) is 6. The van der Waals surface area contributed by atoms with Gasteiger partial charge in [0.1, 0.15) is 6.04 Å². The molecule has 0 spiro atoms.